The Morgan fingerprint density at radius 2 is 1.94 bits per heavy atom. The van der Waals surface area contributed by atoms with E-state index in [-0.39, 0.29) is 18.1 Å². The second-order valence-corrected chi connectivity index (χ2v) is 8.16. The number of rotatable bonds is 6. The quantitative estimate of drug-likeness (QED) is 0.312. The van der Waals surface area contributed by atoms with Crippen molar-refractivity contribution in [1.29, 1.82) is 0 Å². The number of halogens is 1. The fourth-order valence-electron chi connectivity index (χ4n) is 3.69. The third-order valence-corrected chi connectivity index (χ3v) is 5.18. The van der Waals surface area contributed by atoms with Gasteiger partial charge in [0.15, 0.2) is 7.85 Å². The number of hydrogen-bond donors (Lipinski definition) is 0. The van der Waals surface area contributed by atoms with Crippen molar-refractivity contribution in [2.75, 3.05) is 37.8 Å². The number of fused-ring (bicyclic) bond motifs is 1. The van der Waals surface area contributed by atoms with Gasteiger partial charge in [-0.05, 0) is 43.3 Å². The second-order valence-electron chi connectivity index (χ2n) is 7.37. The third kappa shape index (κ3) is 5.02. The van der Waals surface area contributed by atoms with E-state index in [1.165, 1.54) is 16.8 Å². The first-order valence-corrected chi connectivity index (χ1v) is 11.0. The third-order valence-electron chi connectivity index (χ3n) is 5.07. The lowest BCUT2D eigenvalue weighted by molar-refractivity contribution is 0.0516. The van der Waals surface area contributed by atoms with Crippen molar-refractivity contribution < 1.29 is 23.4 Å². The smallest absolute Gasteiger partial charge is 0.362 e. The molecular formula is C22H22BFN3O5P. The van der Waals surface area contributed by atoms with Crippen LogP contribution in [0.1, 0.15) is 17.4 Å². The lowest BCUT2D eigenvalue weighted by Gasteiger charge is -2.30. The summed E-state index contributed by atoms with van der Waals surface area (Å²) in [4.78, 5) is 28.0. The van der Waals surface area contributed by atoms with Crippen LogP contribution in [0, 0.1) is 0 Å². The predicted octanol–water partition coefficient (Wildman–Crippen LogP) is 2.40. The Morgan fingerprint density at radius 1 is 1.24 bits per heavy atom. The molecule has 1 fully saturated rings. The van der Waals surface area contributed by atoms with Gasteiger partial charge in [0, 0.05) is 13.1 Å². The number of anilines is 1. The fraction of sp³-hybridized carbons (Fsp3) is 0.318. The molecule has 0 spiro atoms. The second kappa shape index (κ2) is 9.49. The molecular weight excluding hydrogens is 447 g/mol. The van der Waals surface area contributed by atoms with E-state index in [2.05, 4.69) is 5.10 Å². The molecule has 0 saturated carbocycles. The van der Waals surface area contributed by atoms with E-state index in [1.54, 1.807) is 34.4 Å². The van der Waals surface area contributed by atoms with Crippen molar-refractivity contribution in [3.05, 3.63) is 58.4 Å². The monoisotopic (exact) mass is 469 g/mol. The molecule has 2 radical (unpaired) electrons. The largest absolute Gasteiger partial charge is 0.465 e. The highest BCUT2D eigenvalue weighted by atomic mass is 31.0. The number of aromatic nitrogens is 2. The van der Waals surface area contributed by atoms with Crippen LogP contribution < -0.4 is 15.1 Å². The van der Waals surface area contributed by atoms with E-state index in [4.69, 9.17) is 22.1 Å². The molecule has 0 bridgehead atoms. The molecule has 8 nitrogen and oxygen atoms in total. The first-order valence-electron chi connectivity index (χ1n) is 10.4. The van der Waals surface area contributed by atoms with Crippen molar-refractivity contribution in [3.8, 4) is 11.4 Å². The van der Waals surface area contributed by atoms with E-state index in [0.717, 1.165) is 0 Å². The van der Waals surface area contributed by atoms with Crippen molar-refractivity contribution >= 4 is 39.6 Å². The number of ether oxygens (including phenoxy) is 3. The molecule has 2 heterocycles. The van der Waals surface area contributed by atoms with Crippen LogP contribution in [0.5, 0.6) is 5.75 Å². The molecule has 3 aromatic rings. The lowest BCUT2D eigenvalue weighted by Crippen LogP contribution is -2.37. The van der Waals surface area contributed by atoms with E-state index >= 15 is 0 Å². The zero-order chi connectivity index (χ0) is 23.6. The van der Waals surface area contributed by atoms with Crippen molar-refractivity contribution in [2.24, 2.45) is 0 Å². The summed E-state index contributed by atoms with van der Waals surface area (Å²) in [6, 6.07) is 11.7. The molecule has 33 heavy (non-hydrogen) atoms. The highest BCUT2D eigenvalue weighted by Gasteiger charge is 2.24. The Balaban J connectivity index is 1.91. The first-order chi connectivity index (χ1) is 15.8. The number of benzene rings is 2. The van der Waals surface area contributed by atoms with Gasteiger partial charge in [0.25, 0.3) is 0 Å². The molecule has 2 unspecified atom stereocenters. The van der Waals surface area contributed by atoms with Crippen LogP contribution in [-0.2, 0) is 9.47 Å². The van der Waals surface area contributed by atoms with Crippen LogP contribution in [0.2, 0.25) is 0 Å². The summed E-state index contributed by atoms with van der Waals surface area (Å²) in [7, 11) is 6.99. The molecule has 0 amide bonds. The minimum absolute atomic E-state index is 0.105. The van der Waals surface area contributed by atoms with Crippen molar-refractivity contribution in [1.82, 2.24) is 9.78 Å². The van der Waals surface area contributed by atoms with Gasteiger partial charge in [-0.15, -0.1) is 0 Å². The Hall–Kier alpha value is -2.97. The molecule has 0 aliphatic carbocycles. The maximum Gasteiger partial charge on any atom is 0.362 e. The number of esters is 1. The molecule has 4 rings (SSSR count). The van der Waals surface area contributed by atoms with E-state index in [9.17, 15) is 14.0 Å². The van der Waals surface area contributed by atoms with Gasteiger partial charge in [-0.1, -0.05) is 15.3 Å². The molecule has 170 valence electrons. The van der Waals surface area contributed by atoms with Gasteiger partial charge in [-0.25, -0.2) is 13.9 Å². The Kier molecular flexibility index (Phi) is 6.67. The Bertz CT molecular complexity index is 1220. The van der Waals surface area contributed by atoms with Crippen LogP contribution >= 0.6 is 9.24 Å². The molecule has 11 heteroatoms. The average molecular weight is 469 g/mol. The summed E-state index contributed by atoms with van der Waals surface area (Å²) < 4.78 is 30.6. The highest BCUT2D eigenvalue weighted by Crippen LogP contribution is 2.28. The molecule has 0 N–H and O–H groups in total. The molecule has 1 aromatic heterocycles. The van der Waals surface area contributed by atoms with Crippen LogP contribution in [-0.4, -0.2) is 62.0 Å². The summed E-state index contributed by atoms with van der Waals surface area (Å²) in [5.41, 5.74) is -1.50. The number of nitrogens with zero attached hydrogens (tertiary/aromatic N) is 3. The normalized spacial score (nSPS) is 15.8. The van der Waals surface area contributed by atoms with Crippen molar-refractivity contribution in [2.45, 2.75) is 12.4 Å². The first kappa shape index (κ1) is 23.2. The van der Waals surface area contributed by atoms with Crippen LogP contribution in [0.15, 0.2) is 47.3 Å². The van der Waals surface area contributed by atoms with E-state index in [1.807, 2.05) is 17.0 Å². The van der Waals surface area contributed by atoms with Gasteiger partial charge >= 0.3 is 5.97 Å². The number of alkyl halides is 1. The van der Waals surface area contributed by atoms with Gasteiger partial charge in [0.05, 0.1) is 42.1 Å². The minimum atomic E-state index is -2.41. The van der Waals surface area contributed by atoms with Crippen LogP contribution in [0.3, 0.4) is 0 Å². The number of carbonyl (C=O) groups is 1. The standard InChI is InChI=1S/C22H22BFN3O5P/c1-2-31-21(29)19-20(28)18-16(26-10-12-30-13-11-26)4-3-5-17(18)27(25-19)14-6-8-15(9-7-14)32-22(23,24)33/h3-9H,2,10-13,33H2,1H3. The summed E-state index contributed by atoms with van der Waals surface area (Å²) in [5.74, 6) is -0.605. The molecule has 1 aliphatic heterocycles. The summed E-state index contributed by atoms with van der Waals surface area (Å²) in [5, 5.41) is 4.68. The number of morpholine rings is 1. The predicted molar refractivity (Wildman–Crippen MR) is 126 cm³/mol. The van der Waals surface area contributed by atoms with E-state index < -0.39 is 16.9 Å². The van der Waals surface area contributed by atoms with Gasteiger partial charge in [0.1, 0.15) is 5.75 Å². The zero-order valence-electron chi connectivity index (χ0n) is 18.0. The zero-order valence-corrected chi connectivity index (χ0v) is 19.1. The maximum atomic E-state index is 13.6. The Morgan fingerprint density at radius 3 is 2.58 bits per heavy atom. The number of carbonyl (C=O) groups excluding carboxylic acids is 1. The fourth-order valence-corrected chi connectivity index (χ4v) is 3.82. The van der Waals surface area contributed by atoms with Crippen LogP contribution in [0.4, 0.5) is 10.1 Å². The molecule has 2 atom stereocenters. The molecule has 2 aromatic carbocycles. The summed E-state index contributed by atoms with van der Waals surface area (Å²) >= 11 is 0. The topological polar surface area (TPSA) is 82.9 Å². The maximum absolute atomic E-state index is 13.6. The van der Waals surface area contributed by atoms with Gasteiger partial charge in [-0.3, -0.25) is 4.79 Å². The highest BCUT2D eigenvalue weighted by molar-refractivity contribution is 7.21. The van der Waals surface area contributed by atoms with Gasteiger partial charge in [0.2, 0.25) is 16.6 Å². The van der Waals surface area contributed by atoms with Gasteiger partial charge < -0.3 is 19.1 Å². The summed E-state index contributed by atoms with van der Waals surface area (Å²) in [6.45, 7) is 4.06. The van der Waals surface area contributed by atoms with E-state index in [0.29, 0.717) is 48.6 Å². The minimum Gasteiger partial charge on any atom is -0.465 e. The molecule has 1 aliphatic rings. The summed E-state index contributed by atoms with van der Waals surface area (Å²) in [6.07, 6.45) is 0. The van der Waals surface area contributed by atoms with Gasteiger partial charge in [-0.2, -0.15) is 5.10 Å². The average Bonchev–Trinajstić information content (AvgIpc) is 2.79. The van der Waals surface area contributed by atoms with Crippen LogP contribution in [0.25, 0.3) is 16.6 Å². The van der Waals surface area contributed by atoms with Crippen molar-refractivity contribution in [3.63, 3.8) is 0 Å². The molecule has 1 saturated heterocycles. The number of hydrogen-bond acceptors (Lipinski definition) is 7. The SMILES string of the molecule is [B]C(F)(P)Oc1ccc(-n2nc(C(=O)OCC)c(=O)c3c(N4CCOCC4)cccc32)cc1. The lowest BCUT2D eigenvalue weighted by atomic mass is 10.1. The Labute approximate surface area is 193 Å².